The van der Waals surface area contributed by atoms with E-state index in [2.05, 4.69) is 4.72 Å². The second-order valence-corrected chi connectivity index (χ2v) is 17.1. The molecular formula is C31H38N4O12S3. The summed E-state index contributed by atoms with van der Waals surface area (Å²) in [4.78, 5) is 23.9. The van der Waals surface area contributed by atoms with Gasteiger partial charge in [0.25, 0.3) is 10.0 Å². The lowest BCUT2D eigenvalue weighted by molar-refractivity contribution is 0.0696. The molecule has 0 saturated carbocycles. The van der Waals surface area contributed by atoms with E-state index in [0.717, 1.165) is 18.6 Å². The average molecular weight is 755 g/mol. The number of hydrogen-bond acceptors (Lipinski definition) is 11. The SMILES string of the molecule is CCCOc1cc(OCCCCN(S(C)(=O)=O)S(C)(=O)=O)cc(Oc2cc3c(cc2NS(=O)(=O)c2cccc(C(=O)O)c2)n(C)c(=O)n3C)c1. The third-order valence-corrected chi connectivity index (χ3v) is 12.1. The summed E-state index contributed by atoms with van der Waals surface area (Å²) in [5, 5.41) is 9.37. The molecule has 272 valence electrons. The van der Waals surface area contributed by atoms with Crippen molar-refractivity contribution in [3.63, 3.8) is 0 Å². The highest BCUT2D eigenvalue weighted by molar-refractivity contribution is 8.03. The van der Waals surface area contributed by atoms with Crippen molar-refractivity contribution in [2.75, 3.05) is 37.0 Å². The number of carboxylic acid groups (broad SMARTS) is 1. The first-order valence-corrected chi connectivity index (χ1v) is 20.3. The maximum atomic E-state index is 13.5. The summed E-state index contributed by atoms with van der Waals surface area (Å²) in [6.45, 7) is 2.10. The fraction of sp³-hybridized carbons (Fsp3) is 0.355. The largest absolute Gasteiger partial charge is 0.493 e. The normalized spacial score (nSPS) is 12.3. The number of rotatable bonds is 17. The van der Waals surface area contributed by atoms with Crippen LogP contribution in [0.15, 0.2) is 64.3 Å². The van der Waals surface area contributed by atoms with E-state index in [4.69, 9.17) is 14.2 Å². The fourth-order valence-corrected chi connectivity index (χ4v) is 8.91. The Morgan fingerprint density at radius 1 is 0.820 bits per heavy atom. The number of ether oxygens (including phenoxy) is 3. The van der Waals surface area contributed by atoms with Crippen LogP contribution in [0.2, 0.25) is 0 Å². The number of fused-ring (bicyclic) bond motifs is 1. The zero-order valence-corrected chi connectivity index (χ0v) is 30.4. The summed E-state index contributed by atoms with van der Waals surface area (Å²) in [5.74, 6) is -0.489. The Labute approximate surface area is 290 Å². The predicted octanol–water partition coefficient (Wildman–Crippen LogP) is 3.34. The lowest BCUT2D eigenvalue weighted by Gasteiger charge is -2.18. The molecule has 3 aromatic carbocycles. The number of hydrogen-bond donors (Lipinski definition) is 2. The number of unbranched alkanes of at least 4 members (excludes halogenated alkanes) is 1. The van der Waals surface area contributed by atoms with Crippen LogP contribution in [0.5, 0.6) is 23.0 Å². The summed E-state index contributed by atoms with van der Waals surface area (Å²) in [5.41, 5.74) is 0.154. The van der Waals surface area contributed by atoms with Gasteiger partial charge in [-0.25, -0.2) is 34.8 Å². The van der Waals surface area contributed by atoms with Crippen molar-refractivity contribution in [3.8, 4) is 23.0 Å². The minimum absolute atomic E-state index is 0.00287. The van der Waals surface area contributed by atoms with Crippen LogP contribution in [-0.4, -0.2) is 81.4 Å². The van der Waals surface area contributed by atoms with Crippen LogP contribution < -0.4 is 24.6 Å². The van der Waals surface area contributed by atoms with Gasteiger partial charge in [-0.1, -0.05) is 16.7 Å². The third-order valence-electron chi connectivity index (χ3n) is 7.31. The highest BCUT2D eigenvalue weighted by atomic mass is 32.3. The molecule has 50 heavy (non-hydrogen) atoms. The lowest BCUT2D eigenvalue weighted by Crippen LogP contribution is -2.36. The number of nitrogens with one attached hydrogen (secondary N) is 1. The Kier molecular flexibility index (Phi) is 11.6. The predicted molar refractivity (Wildman–Crippen MR) is 186 cm³/mol. The van der Waals surface area contributed by atoms with Crippen LogP contribution >= 0.6 is 0 Å². The van der Waals surface area contributed by atoms with E-state index in [1.807, 2.05) is 6.92 Å². The first-order valence-electron chi connectivity index (χ1n) is 15.1. The molecule has 2 N–H and O–H groups in total. The fourth-order valence-electron chi connectivity index (χ4n) is 4.92. The van der Waals surface area contributed by atoms with Crippen molar-refractivity contribution in [2.24, 2.45) is 14.1 Å². The number of sulfonamides is 3. The van der Waals surface area contributed by atoms with E-state index in [-0.39, 0.29) is 58.7 Å². The molecule has 0 bridgehead atoms. The zero-order valence-electron chi connectivity index (χ0n) is 27.9. The molecule has 16 nitrogen and oxygen atoms in total. The number of nitrogens with zero attached hydrogens (tertiary/aromatic N) is 3. The van der Waals surface area contributed by atoms with Gasteiger partial charge in [-0.3, -0.25) is 13.9 Å². The molecule has 4 rings (SSSR count). The molecule has 0 saturated heterocycles. The molecule has 4 aromatic rings. The van der Waals surface area contributed by atoms with Gasteiger partial charge >= 0.3 is 11.7 Å². The monoisotopic (exact) mass is 754 g/mol. The molecule has 0 aliphatic heterocycles. The van der Waals surface area contributed by atoms with Crippen LogP contribution in [-0.2, 0) is 44.2 Å². The van der Waals surface area contributed by atoms with E-state index in [0.29, 0.717) is 39.9 Å². The van der Waals surface area contributed by atoms with Crippen molar-refractivity contribution in [2.45, 2.75) is 31.1 Å². The molecule has 1 heterocycles. The summed E-state index contributed by atoms with van der Waals surface area (Å²) in [7, 11) is -9.24. The Bertz CT molecular complexity index is 2270. The first kappa shape index (κ1) is 38.2. The summed E-state index contributed by atoms with van der Waals surface area (Å²) in [6, 6.07) is 12.4. The molecule has 0 fully saturated rings. The maximum absolute atomic E-state index is 13.5. The summed E-state index contributed by atoms with van der Waals surface area (Å²) >= 11 is 0. The Balaban J connectivity index is 1.67. The van der Waals surface area contributed by atoms with Gasteiger partial charge in [0.15, 0.2) is 5.75 Å². The quantitative estimate of drug-likeness (QED) is 0.149. The minimum atomic E-state index is -4.36. The molecule has 19 heteroatoms. The Morgan fingerprint density at radius 2 is 1.40 bits per heavy atom. The molecule has 1 aromatic heterocycles. The molecule has 0 amide bonds. The van der Waals surface area contributed by atoms with Crippen molar-refractivity contribution < 1.29 is 49.4 Å². The number of anilines is 1. The number of carbonyl (C=O) groups is 1. The van der Waals surface area contributed by atoms with Gasteiger partial charge < -0.3 is 19.3 Å². The van der Waals surface area contributed by atoms with Gasteiger partial charge in [0.2, 0.25) is 20.0 Å². The lowest BCUT2D eigenvalue weighted by atomic mass is 10.2. The van der Waals surface area contributed by atoms with E-state index in [1.165, 1.54) is 52.6 Å². The standard InChI is InChI=1S/C31H38N4O12S3/c1-6-13-45-22-16-23(46-14-8-7-12-35(48(4,39)40)49(5,41)42)18-24(17-22)47-29-20-28-27(33(2)31(38)34(28)3)19-26(29)32-50(43,44)25-11-9-10-21(15-25)30(36)37/h9-11,15-20,32H,6-8,12-14H2,1-5H3,(H,36,37). The molecule has 0 spiro atoms. The van der Waals surface area contributed by atoms with E-state index >= 15 is 0 Å². The topological polar surface area (TPSA) is 210 Å². The van der Waals surface area contributed by atoms with Crippen LogP contribution in [0.3, 0.4) is 0 Å². The van der Waals surface area contributed by atoms with Gasteiger partial charge in [-0.2, -0.15) is 0 Å². The highest BCUT2D eigenvalue weighted by Gasteiger charge is 2.26. The van der Waals surface area contributed by atoms with Gasteiger partial charge in [-0.15, -0.1) is 0 Å². The van der Waals surface area contributed by atoms with Gasteiger partial charge in [0, 0.05) is 44.9 Å². The molecule has 0 unspecified atom stereocenters. The van der Waals surface area contributed by atoms with Gasteiger partial charge in [0.1, 0.15) is 17.2 Å². The molecular weight excluding hydrogens is 717 g/mol. The number of aromatic carboxylic acids is 1. The highest BCUT2D eigenvalue weighted by Crippen LogP contribution is 2.38. The van der Waals surface area contributed by atoms with Crippen molar-refractivity contribution in [3.05, 3.63) is 70.6 Å². The zero-order chi connectivity index (χ0) is 37.0. The van der Waals surface area contributed by atoms with Gasteiger partial charge in [-0.05, 0) is 43.5 Å². The summed E-state index contributed by atoms with van der Waals surface area (Å²) < 4.78 is 98.1. The van der Waals surface area contributed by atoms with Crippen molar-refractivity contribution in [1.29, 1.82) is 0 Å². The first-order chi connectivity index (χ1) is 23.3. The van der Waals surface area contributed by atoms with Crippen LogP contribution in [0.4, 0.5) is 5.69 Å². The number of aryl methyl sites for hydroxylation is 2. The average Bonchev–Trinajstić information content (AvgIpc) is 3.23. The van der Waals surface area contributed by atoms with Crippen molar-refractivity contribution in [1.82, 2.24) is 12.8 Å². The Morgan fingerprint density at radius 3 is 1.98 bits per heavy atom. The summed E-state index contributed by atoms with van der Waals surface area (Å²) in [6.07, 6.45) is 2.80. The molecule has 0 aliphatic rings. The van der Waals surface area contributed by atoms with Gasteiger partial charge in [0.05, 0.1) is 52.9 Å². The maximum Gasteiger partial charge on any atom is 0.335 e. The van der Waals surface area contributed by atoms with E-state index in [1.54, 1.807) is 19.2 Å². The molecule has 0 radical (unpaired) electrons. The van der Waals surface area contributed by atoms with Crippen molar-refractivity contribution >= 4 is 52.8 Å². The second-order valence-electron chi connectivity index (χ2n) is 11.3. The minimum Gasteiger partial charge on any atom is -0.493 e. The van der Waals surface area contributed by atoms with E-state index < -0.39 is 36.0 Å². The number of carboxylic acids is 1. The molecule has 0 atom stereocenters. The number of benzene rings is 3. The van der Waals surface area contributed by atoms with Crippen LogP contribution in [0, 0.1) is 0 Å². The third kappa shape index (κ3) is 9.14. The number of imidazole rings is 1. The molecule has 0 aliphatic carbocycles. The second kappa shape index (κ2) is 15.1. The smallest absolute Gasteiger partial charge is 0.335 e. The Hall–Kier alpha value is -4.59. The van der Waals surface area contributed by atoms with Crippen LogP contribution in [0.25, 0.3) is 11.0 Å². The van der Waals surface area contributed by atoms with E-state index in [9.17, 15) is 39.9 Å². The van der Waals surface area contributed by atoms with Crippen LogP contribution in [0.1, 0.15) is 36.5 Å². The number of aromatic nitrogens is 2.